The number of rotatable bonds is 5. The second-order valence-electron chi connectivity index (χ2n) is 6.67. The summed E-state index contributed by atoms with van der Waals surface area (Å²) in [6, 6.07) is 5.60. The Morgan fingerprint density at radius 3 is 2.62 bits per heavy atom. The molecule has 0 aliphatic rings. The molecule has 7 heteroatoms. The van der Waals surface area contributed by atoms with Crippen molar-refractivity contribution < 1.29 is 14.2 Å². The molecule has 0 spiro atoms. The number of nitrogens with zero attached hydrogens (tertiary/aromatic N) is 2. The monoisotopic (exact) mass is 357 g/mol. The first-order chi connectivity index (χ1) is 12.4. The van der Waals surface area contributed by atoms with Gasteiger partial charge in [-0.05, 0) is 24.1 Å². The summed E-state index contributed by atoms with van der Waals surface area (Å²) in [4.78, 5) is 16.0. The molecule has 0 radical (unpaired) electrons. The van der Waals surface area contributed by atoms with Crippen molar-refractivity contribution in [3.63, 3.8) is 0 Å². The SMILES string of the molecule is COc1ccc2[nH]cc(-c3c(OC)[n+]([O-])c(CC(C)C)c(=O)n3C)c2c1. The first-order valence-electron chi connectivity index (χ1n) is 8.43. The lowest BCUT2D eigenvalue weighted by Gasteiger charge is -2.15. The van der Waals surface area contributed by atoms with E-state index < -0.39 is 0 Å². The fourth-order valence-corrected chi connectivity index (χ4v) is 3.20. The fraction of sp³-hybridized carbons (Fsp3) is 0.368. The van der Waals surface area contributed by atoms with Crippen LogP contribution in [0.25, 0.3) is 22.2 Å². The molecule has 138 valence electrons. The summed E-state index contributed by atoms with van der Waals surface area (Å²) in [6.45, 7) is 3.93. The lowest BCUT2D eigenvalue weighted by atomic mass is 10.1. The molecular weight excluding hydrogens is 334 g/mol. The predicted octanol–water partition coefficient (Wildman–Crippen LogP) is 2.38. The van der Waals surface area contributed by atoms with Gasteiger partial charge in [-0.25, -0.2) is 0 Å². The third-order valence-electron chi connectivity index (χ3n) is 4.46. The number of hydrogen-bond donors (Lipinski definition) is 1. The summed E-state index contributed by atoms with van der Waals surface area (Å²) in [5.74, 6) is 0.969. The molecule has 0 saturated carbocycles. The van der Waals surface area contributed by atoms with Crippen LogP contribution in [-0.4, -0.2) is 23.8 Å². The smallest absolute Gasteiger partial charge is 0.404 e. The Bertz CT molecular complexity index is 1020. The van der Waals surface area contributed by atoms with Crippen LogP contribution in [0.2, 0.25) is 0 Å². The van der Waals surface area contributed by atoms with Gasteiger partial charge in [0.05, 0.1) is 14.2 Å². The Hall–Kier alpha value is -2.96. The molecule has 26 heavy (non-hydrogen) atoms. The molecule has 2 heterocycles. The maximum absolute atomic E-state index is 12.8. The molecule has 0 saturated heterocycles. The van der Waals surface area contributed by atoms with Crippen LogP contribution in [0.4, 0.5) is 0 Å². The zero-order chi connectivity index (χ0) is 19.0. The standard InChI is InChI=1S/C19H23N3O4/c1-11(2)8-16-18(23)21(3)17(19(26-5)22(16)24)14-10-20-15-7-6-12(25-4)9-13(14)15/h6-7,9-11,20H,8H2,1-5H3. The van der Waals surface area contributed by atoms with Crippen molar-refractivity contribution in [1.29, 1.82) is 0 Å². The molecule has 1 N–H and O–H groups in total. The van der Waals surface area contributed by atoms with E-state index in [4.69, 9.17) is 9.47 Å². The molecule has 3 aromatic rings. The summed E-state index contributed by atoms with van der Waals surface area (Å²) in [5, 5.41) is 13.7. The van der Waals surface area contributed by atoms with E-state index in [0.29, 0.717) is 28.2 Å². The number of fused-ring (bicyclic) bond motifs is 1. The van der Waals surface area contributed by atoms with Crippen LogP contribution in [-0.2, 0) is 13.5 Å². The lowest BCUT2D eigenvalue weighted by Crippen LogP contribution is -2.44. The third-order valence-corrected chi connectivity index (χ3v) is 4.46. The van der Waals surface area contributed by atoms with Gasteiger partial charge in [0.1, 0.15) is 5.75 Å². The Balaban J connectivity index is 2.34. The molecule has 0 bridgehead atoms. The van der Waals surface area contributed by atoms with Crippen LogP contribution in [0.5, 0.6) is 11.6 Å². The summed E-state index contributed by atoms with van der Waals surface area (Å²) >= 11 is 0. The molecule has 7 nitrogen and oxygen atoms in total. The number of methoxy groups -OCH3 is 2. The van der Waals surface area contributed by atoms with Gasteiger partial charge in [-0.1, -0.05) is 13.8 Å². The molecule has 3 rings (SSSR count). The van der Waals surface area contributed by atoms with E-state index in [1.807, 2.05) is 32.0 Å². The van der Waals surface area contributed by atoms with Crippen molar-refractivity contribution in [2.75, 3.05) is 14.2 Å². The zero-order valence-electron chi connectivity index (χ0n) is 15.6. The van der Waals surface area contributed by atoms with E-state index >= 15 is 0 Å². The first kappa shape index (κ1) is 17.8. The van der Waals surface area contributed by atoms with Crippen LogP contribution >= 0.6 is 0 Å². The Kier molecular flexibility index (Phi) is 4.63. The maximum Gasteiger partial charge on any atom is 0.404 e. The van der Waals surface area contributed by atoms with Gasteiger partial charge in [-0.15, -0.1) is 4.73 Å². The molecule has 0 aliphatic heterocycles. The van der Waals surface area contributed by atoms with Crippen LogP contribution in [0.3, 0.4) is 0 Å². The fourth-order valence-electron chi connectivity index (χ4n) is 3.20. The number of nitrogens with one attached hydrogen (secondary N) is 1. The van der Waals surface area contributed by atoms with Crippen molar-refractivity contribution in [3.8, 4) is 22.9 Å². The van der Waals surface area contributed by atoms with Crippen molar-refractivity contribution >= 4 is 10.9 Å². The Morgan fingerprint density at radius 2 is 2.00 bits per heavy atom. The molecule has 0 fully saturated rings. The van der Waals surface area contributed by atoms with Gasteiger partial charge in [0.15, 0.2) is 5.69 Å². The molecular formula is C19H23N3O4. The number of benzene rings is 1. The minimum atomic E-state index is -0.318. The highest BCUT2D eigenvalue weighted by atomic mass is 16.5. The topological polar surface area (TPSA) is 83.2 Å². The molecule has 0 amide bonds. The molecule has 1 aromatic carbocycles. The van der Waals surface area contributed by atoms with E-state index in [0.717, 1.165) is 10.9 Å². The number of aromatic nitrogens is 3. The average molecular weight is 357 g/mol. The zero-order valence-corrected chi connectivity index (χ0v) is 15.6. The molecule has 0 aliphatic carbocycles. The van der Waals surface area contributed by atoms with Gasteiger partial charge >= 0.3 is 11.4 Å². The summed E-state index contributed by atoms with van der Waals surface area (Å²) in [7, 11) is 4.69. The van der Waals surface area contributed by atoms with Crippen LogP contribution in [0.15, 0.2) is 29.2 Å². The van der Waals surface area contributed by atoms with E-state index in [1.165, 1.54) is 11.7 Å². The van der Waals surface area contributed by atoms with Crippen LogP contribution in [0, 0.1) is 11.1 Å². The van der Waals surface area contributed by atoms with Gasteiger partial charge in [-0.2, -0.15) is 0 Å². The van der Waals surface area contributed by atoms with E-state index in [-0.39, 0.29) is 23.1 Å². The summed E-state index contributed by atoms with van der Waals surface area (Å²) in [5.41, 5.74) is 1.87. The largest absolute Gasteiger partial charge is 0.616 e. The minimum Gasteiger partial charge on any atom is -0.616 e. The lowest BCUT2D eigenvalue weighted by molar-refractivity contribution is -0.622. The highest BCUT2D eigenvalue weighted by molar-refractivity contribution is 5.96. The van der Waals surface area contributed by atoms with E-state index in [9.17, 15) is 10.0 Å². The Labute approximate surface area is 151 Å². The highest BCUT2D eigenvalue weighted by Gasteiger charge is 2.28. The number of ether oxygens (including phenoxy) is 2. The van der Waals surface area contributed by atoms with Crippen LogP contribution < -0.4 is 19.8 Å². The van der Waals surface area contributed by atoms with E-state index in [2.05, 4.69) is 4.98 Å². The highest BCUT2D eigenvalue weighted by Crippen LogP contribution is 2.34. The average Bonchev–Trinajstić information content (AvgIpc) is 3.04. The van der Waals surface area contributed by atoms with Crippen molar-refractivity contribution in [1.82, 2.24) is 9.55 Å². The van der Waals surface area contributed by atoms with Gasteiger partial charge in [-0.3, -0.25) is 9.36 Å². The minimum absolute atomic E-state index is 0.103. The summed E-state index contributed by atoms with van der Waals surface area (Å²) in [6.07, 6.45) is 2.15. The Morgan fingerprint density at radius 1 is 1.27 bits per heavy atom. The van der Waals surface area contributed by atoms with Gasteiger partial charge in [0, 0.05) is 36.1 Å². The van der Waals surface area contributed by atoms with Crippen molar-refractivity contribution in [2.24, 2.45) is 13.0 Å². The maximum atomic E-state index is 12.8. The van der Waals surface area contributed by atoms with Gasteiger partial charge in [0.25, 0.3) is 5.69 Å². The van der Waals surface area contributed by atoms with Crippen molar-refractivity contribution in [3.05, 3.63) is 45.7 Å². The number of H-pyrrole nitrogens is 1. The third kappa shape index (κ3) is 2.79. The number of hydrogen-bond acceptors (Lipinski definition) is 4. The second-order valence-corrected chi connectivity index (χ2v) is 6.67. The van der Waals surface area contributed by atoms with Crippen LogP contribution in [0.1, 0.15) is 19.5 Å². The normalized spacial score (nSPS) is 11.3. The predicted molar refractivity (Wildman–Crippen MR) is 99.6 cm³/mol. The molecule has 0 unspecified atom stereocenters. The summed E-state index contributed by atoms with van der Waals surface area (Å²) < 4.78 is 12.8. The molecule has 0 atom stereocenters. The quantitative estimate of drug-likeness (QED) is 0.561. The first-order valence-corrected chi connectivity index (χ1v) is 8.43. The van der Waals surface area contributed by atoms with Crippen molar-refractivity contribution in [2.45, 2.75) is 20.3 Å². The van der Waals surface area contributed by atoms with Gasteiger partial charge < -0.3 is 19.7 Å². The number of aromatic amines is 1. The second kappa shape index (κ2) is 6.74. The molecule has 2 aromatic heterocycles. The van der Waals surface area contributed by atoms with Gasteiger partial charge in [0.2, 0.25) is 0 Å². The van der Waals surface area contributed by atoms with E-state index in [1.54, 1.807) is 20.4 Å².